The number of carbonyl (C=O) groups excluding carboxylic acids is 1. The fourth-order valence-corrected chi connectivity index (χ4v) is 1.27. The first-order valence-electron chi connectivity index (χ1n) is 4.40. The van der Waals surface area contributed by atoms with Crippen LogP contribution in [0.4, 0.5) is 4.39 Å². The number of hydrogen-bond acceptors (Lipinski definition) is 3. The largest absolute Gasteiger partial charge is 0.459 e. The molecule has 1 N–H and O–H groups in total. The van der Waals surface area contributed by atoms with Crippen LogP contribution in [0.2, 0.25) is 0 Å². The van der Waals surface area contributed by atoms with Crippen LogP contribution in [-0.2, 0) is 9.53 Å². The summed E-state index contributed by atoms with van der Waals surface area (Å²) in [4.78, 5) is 10.4. The van der Waals surface area contributed by atoms with E-state index in [2.05, 4.69) is 10.1 Å². The van der Waals surface area contributed by atoms with E-state index in [1.807, 2.05) is 0 Å². The van der Waals surface area contributed by atoms with Gasteiger partial charge >= 0.3 is 5.97 Å². The van der Waals surface area contributed by atoms with Gasteiger partial charge in [-0.1, -0.05) is 0 Å². The minimum absolute atomic E-state index is 0. The molecule has 1 saturated heterocycles. The van der Waals surface area contributed by atoms with Crippen LogP contribution in [0, 0.1) is 0 Å². The molecule has 0 bridgehead atoms. The van der Waals surface area contributed by atoms with E-state index in [9.17, 15) is 9.18 Å². The summed E-state index contributed by atoms with van der Waals surface area (Å²) < 4.78 is 17.8. The van der Waals surface area contributed by atoms with Crippen LogP contribution < -0.4 is 5.32 Å². The lowest BCUT2D eigenvalue weighted by molar-refractivity contribution is -0.140. The van der Waals surface area contributed by atoms with Gasteiger partial charge < -0.3 is 10.1 Å². The number of piperidine rings is 1. The Morgan fingerprint density at radius 1 is 1.50 bits per heavy atom. The fourth-order valence-electron chi connectivity index (χ4n) is 1.27. The van der Waals surface area contributed by atoms with Gasteiger partial charge in [0.15, 0.2) is 0 Å². The maximum atomic E-state index is 13.2. The highest BCUT2D eigenvalue weighted by molar-refractivity contribution is 5.85. The van der Waals surface area contributed by atoms with Crippen molar-refractivity contribution in [3.63, 3.8) is 0 Å². The molecule has 0 radical (unpaired) electrons. The Kier molecular flexibility index (Phi) is 6.49. The third-order valence-electron chi connectivity index (χ3n) is 1.99. The molecule has 3 nitrogen and oxygen atoms in total. The summed E-state index contributed by atoms with van der Waals surface area (Å²) in [6.45, 7) is 2.69. The lowest BCUT2D eigenvalue weighted by Gasteiger charge is -2.16. The molecule has 0 aliphatic carbocycles. The zero-order valence-corrected chi connectivity index (χ0v) is 8.95. The van der Waals surface area contributed by atoms with E-state index in [0.29, 0.717) is 12.8 Å². The second-order valence-electron chi connectivity index (χ2n) is 3.04. The monoisotopic (exact) mass is 223 g/mol. The molecule has 0 aromatic rings. The average Bonchev–Trinajstić information content (AvgIpc) is 2.15. The molecule has 1 aliphatic rings. The van der Waals surface area contributed by atoms with Gasteiger partial charge in [0.2, 0.25) is 0 Å². The Morgan fingerprint density at radius 2 is 2.07 bits per heavy atom. The molecular weight excluding hydrogens is 209 g/mol. The topological polar surface area (TPSA) is 38.3 Å². The molecule has 0 aromatic carbocycles. The molecule has 1 heterocycles. The van der Waals surface area contributed by atoms with Crippen LogP contribution in [0.5, 0.6) is 0 Å². The van der Waals surface area contributed by atoms with Crippen molar-refractivity contribution in [1.82, 2.24) is 5.32 Å². The molecule has 0 spiro atoms. The molecule has 1 rings (SSSR count). The zero-order valence-electron chi connectivity index (χ0n) is 8.14. The first kappa shape index (κ1) is 13.4. The van der Waals surface area contributed by atoms with Crippen LogP contribution in [0.15, 0.2) is 11.4 Å². The number of hydrogen-bond donors (Lipinski definition) is 1. The highest BCUT2D eigenvalue weighted by Gasteiger charge is 2.11. The van der Waals surface area contributed by atoms with E-state index < -0.39 is 5.97 Å². The SMILES string of the molecule is CC(=O)OCC(F)=C1CCNCC1.Cl. The molecule has 14 heavy (non-hydrogen) atoms. The highest BCUT2D eigenvalue weighted by Crippen LogP contribution is 2.16. The maximum Gasteiger partial charge on any atom is 0.303 e. The van der Waals surface area contributed by atoms with Crippen molar-refractivity contribution >= 4 is 18.4 Å². The number of rotatable bonds is 2. The van der Waals surface area contributed by atoms with Crippen molar-refractivity contribution in [2.24, 2.45) is 0 Å². The van der Waals surface area contributed by atoms with Crippen LogP contribution >= 0.6 is 12.4 Å². The predicted molar refractivity (Wildman–Crippen MR) is 54.1 cm³/mol. The van der Waals surface area contributed by atoms with Crippen molar-refractivity contribution in [2.45, 2.75) is 19.8 Å². The van der Waals surface area contributed by atoms with Gasteiger partial charge in [0, 0.05) is 6.92 Å². The normalized spacial score (nSPS) is 15.7. The third kappa shape index (κ3) is 4.58. The van der Waals surface area contributed by atoms with E-state index in [1.165, 1.54) is 6.92 Å². The Hall–Kier alpha value is -0.610. The standard InChI is InChI=1S/C9H14FNO2.ClH/c1-7(12)13-6-9(10)8-2-4-11-5-3-8;/h11H,2-6H2,1H3;1H. The Balaban J connectivity index is 0.00000169. The Morgan fingerprint density at radius 3 is 2.57 bits per heavy atom. The predicted octanol–water partition coefficient (Wildman–Crippen LogP) is 1.58. The second-order valence-corrected chi connectivity index (χ2v) is 3.04. The summed E-state index contributed by atoms with van der Waals surface area (Å²) >= 11 is 0. The lowest BCUT2D eigenvalue weighted by atomic mass is 10.1. The first-order chi connectivity index (χ1) is 6.20. The van der Waals surface area contributed by atoms with E-state index in [0.717, 1.165) is 18.7 Å². The van der Waals surface area contributed by atoms with Gasteiger partial charge in [-0.15, -0.1) is 12.4 Å². The third-order valence-corrected chi connectivity index (χ3v) is 1.99. The molecule has 0 saturated carbocycles. The summed E-state index contributed by atoms with van der Waals surface area (Å²) in [5.41, 5.74) is 0.778. The average molecular weight is 224 g/mol. The van der Waals surface area contributed by atoms with Gasteiger partial charge in [0.05, 0.1) is 0 Å². The van der Waals surface area contributed by atoms with Gasteiger partial charge in [-0.05, 0) is 31.5 Å². The zero-order chi connectivity index (χ0) is 9.68. The van der Waals surface area contributed by atoms with Crippen LogP contribution in [0.25, 0.3) is 0 Å². The molecule has 1 fully saturated rings. The fraction of sp³-hybridized carbons (Fsp3) is 0.667. The summed E-state index contributed by atoms with van der Waals surface area (Å²) in [7, 11) is 0. The number of carbonyl (C=O) groups is 1. The maximum absolute atomic E-state index is 13.2. The van der Waals surface area contributed by atoms with E-state index in [-0.39, 0.29) is 24.8 Å². The molecule has 5 heteroatoms. The molecule has 0 unspecified atom stereocenters. The number of halogens is 2. The smallest absolute Gasteiger partial charge is 0.303 e. The molecule has 0 aromatic heterocycles. The van der Waals surface area contributed by atoms with Crippen molar-refractivity contribution < 1.29 is 13.9 Å². The first-order valence-corrected chi connectivity index (χ1v) is 4.40. The van der Waals surface area contributed by atoms with Crippen LogP contribution in [0.1, 0.15) is 19.8 Å². The van der Waals surface area contributed by atoms with Gasteiger partial charge in [-0.2, -0.15) is 0 Å². The minimum atomic E-state index is -0.440. The highest BCUT2D eigenvalue weighted by atomic mass is 35.5. The minimum Gasteiger partial charge on any atom is -0.459 e. The lowest BCUT2D eigenvalue weighted by Crippen LogP contribution is -2.24. The van der Waals surface area contributed by atoms with Crippen molar-refractivity contribution in [2.75, 3.05) is 19.7 Å². The van der Waals surface area contributed by atoms with Gasteiger partial charge in [-0.3, -0.25) is 4.79 Å². The Bertz CT molecular complexity index is 223. The molecule has 0 atom stereocenters. The molecular formula is C9H15ClFNO2. The molecule has 1 aliphatic heterocycles. The van der Waals surface area contributed by atoms with Gasteiger partial charge in [0.25, 0.3) is 0 Å². The van der Waals surface area contributed by atoms with E-state index in [4.69, 9.17) is 0 Å². The number of ether oxygens (including phenoxy) is 1. The van der Waals surface area contributed by atoms with Gasteiger partial charge in [-0.25, -0.2) is 4.39 Å². The quantitative estimate of drug-likeness (QED) is 0.723. The Labute approximate surface area is 89.1 Å². The summed E-state index contributed by atoms with van der Waals surface area (Å²) in [6, 6.07) is 0. The van der Waals surface area contributed by atoms with Crippen molar-refractivity contribution in [3.05, 3.63) is 11.4 Å². The van der Waals surface area contributed by atoms with E-state index in [1.54, 1.807) is 0 Å². The van der Waals surface area contributed by atoms with Crippen LogP contribution in [0.3, 0.4) is 0 Å². The summed E-state index contributed by atoms with van der Waals surface area (Å²) in [5, 5.41) is 3.13. The number of nitrogens with one attached hydrogen (secondary N) is 1. The summed E-state index contributed by atoms with van der Waals surface area (Å²) in [5.74, 6) is -0.721. The van der Waals surface area contributed by atoms with Gasteiger partial charge in [0.1, 0.15) is 12.4 Å². The summed E-state index contributed by atoms with van der Waals surface area (Å²) in [6.07, 6.45) is 1.43. The molecule has 82 valence electrons. The van der Waals surface area contributed by atoms with Crippen molar-refractivity contribution in [3.8, 4) is 0 Å². The van der Waals surface area contributed by atoms with Crippen molar-refractivity contribution in [1.29, 1.82) is 0 Å². The number of esters is 1. The van der Waals surface area contributed by atoms with E-state index >= 15 is 0 Å². The second kappa shape index (κ2) is 6.79. The van der Waals surface area contributed by atoms with Crippen LogP contribution in [-0.4, -0.2) is 25.7 Å². The molecule has 0 amide bonds.